The van der Waals surface area contributed by atoms with Gasteiger partial charge in [0.05, 0.1) is 25.3 Å². The highest BCUT2D eigenvalue weighted by atomic mass is 16.3. The highest BCUT2D eigenvalue weighted by Gasteiger charge is 2.26. The van der Waals surface area contributed by atoms with Gasteiger partial charge in [0.2, 0.25) is 0 Å². The molecule has 6 nitrogen and oxygen atoms in total. The molecule has 2 unspecified atom stereocenters. The van der Waals surface area contributed by atoms with Crippen molar-refractivity contribution < 1.29 is 19.8 Å². The molecule has 138 valence electrons. The molecule has 2 aromatic carbocycles. The van der Waals surface area contributed by atoms with E-state index < -0.39 is 24.0 Å². The Morgan fingerprint density at radius 2 is 1.04 bits per heavy atom. The molecule has 0 saturated heterocycles. The minimum Gasteiger partial charge on any atom is -0.387 e. The van der Waals surface area contributed by atoms with E-state index in [1.165, 1.54) is 23.9 Å². The number of carbonyl (C=O) groups is 2. The van der Waals surface area contributed by atoms with E-state index in [0.717, 1.165) is 0 Å². The van der Waals surface area contributed by atoms with Crippen LogP contribution in [0.25, 0.3) is 0 Å². The smallest absolute Gasteiger partial charge is 0.311 e. The molecule has 2 amide bonds. The van der Waals surface area contributed by atoms with Gasteiger partial charge in [0.25, 0.3) is 0 Å². The van der Waals surface area contributed by atoms with Crippen LogP contribution in [0.1, 0.15) is 23.3 Å². The number of hydrogen-bond acceptors (Lipinski definition) is 4. The summed E-state index contributed by atoms with van der Waals surface area (Å²) in [4.78, 5) is 27.0. The largest absolute Gasteiger partial charge is 0.387 e. The molecule has 0 aromatic heterocycles. The zero-order chi connectivity index (χ0) is 19.1. The third-order valence-electron chi connectivity index (χ3n) is 4.14. The summed E-state index contributed by atoms with van der Waals surface area (Å²) in [6.45, 7) is 0.00727. The number of hydrogen-bond donors (Lipinski definition) is 2. The second-order valence-corrected chi connectivity index (χ2v) is 6.22. The van der Waals surface area contributed by atoms with Crippen LogP contribution in [0, 0.1) is 0 Å². The summed E-state index contributed by atoms with van der Waals surface area (Å²) in [6.07, 6.45) is -1.75. The van der Waals surface area contributed by atoms with Gasteiger partial charge in [0, 0.05) is 14.1 Å². The van der Waals surface area contributed by atoms with Gasteiger partial charge in [-0.1, -0.05) is 60.7 Å². The zero-order valence-corrected chi connectivity index (χ0v) is 14.9. The van der Waals surface area contributed by atoms with Crippen molar-refractivity contribution >= 4 is 11.8 Å². The third kappa shape index (κ3) is 5.15. The third-order valence-corrected chi connectivity index (χ3v) is 4.14. The van der Waals surface area contributed by atoms with E-state index in [0.29, 0.717) is 11.1 Å². The van der Waals surface area contributed by atoms with Crippen LogP contribution in [-0.2, 0) is 9.59 Å². The van der Waals surface area contributed by atoms with Gasteiger partial charge in [-0.05, 0) is 11.1 Å². The Kier molecular flexibility index (Phi) is 6.89. The first kappa shape index (κ1) is 19.6. The average Bonchev–Trinajstić information content (AvgIpc) is 2.67. The molecule has 0 aliphatic carbocycles. The Labute approximate surface area is 153 Å². The molecule has 2 N–H and O–H groups in total. The lowest BCUT2D eigenvalue weighted by atomic mass is 10.1. The topological polar surface area (TPSA) is 81.1 Å². The first-order valence-corrected chi connectivity index (χ1v) is 8.36. The molecule has 0 fully saturated rings. The molecule has 6 heteroatoms. The van der Waals surface area contributed by atoms with Crippen LogP contribution in [0.2, 0.25) is 0 Å². The monoisotopic (exact) mass is 356 g/mol. The highest BCUT2D eigenvalue weighted by molar-refractivity contribution is 6.34. The van der Waals surface area contributed by atoms with E-state index in [-0.39, 0.29) is 13.1 Å². The van der Waals surface area contributed by atoms with Gasteiger partial charge >= 0.3 is 11.8 Å². The molecule has 2 atom stereocenters. The number of amides is 2. The summed E-state index contributed by atoms with van der Waals surface area (Å²) < 4.78 is 0. The Morgan fingerprint density at radius 1 is 0.731 bits per heavy atom. The number of aliphatic hydroxyl groups excluding tert-OH is 2. The quantitative estimate of drug-likeness (QED) is 0.766. The summed E-state index contributed by atoms with van der Waals surface area (Å²) in [5.41, 5.74) is 1.35. The summed E-state index contributed by atoms with van der Waals surface area (Å²) in [5.74, 6) is -1.47. The second kappa shape index (κ2) is 9.12. The molecule has 0 radical (unpaired) electrons. The molecule has 2 aromatic rings. The fourth-order valence-electron chi connectivity index (χ4n) is 2.57. The number of carbonyl (C=O) groups excluding carboxylic acids is 2. The maximum Gasteiger partial charge on any atom is 0.311 e. The molecule has 0 bridgehead atoms. The summed E-state index contributed by atoms with van der Waals surface area (Å²) in [7, 11) is 2.93. The standard InChI is InChI=1S/C20H24N2O4/c1-21(13-17(23)15-9-5-3-6-10-15)19(25)20(26)22(2)14-18(24)16-11-7-4-8-12-16/h3-12,17-18,23-24H,13-14H2,1-2H3. The van der Waals surface area contributed by atoms with Crippen LogP contribution in [0.3, 0.4) is 0 Å². The maximum atomic E-state index is 12.3. The fourth-order valence-corrected chi connectivity index (χ4v) is 2.57. The predicted octanol–water partition coefficient (Wildman–Crippen LogP) is 1.37. The Balaban J connectivity index is 1.92. The molecule has 0 spiro atoms. The first-order chi connectivity index (χ1) is 12.4. The van der Waals surface area contributed by atoms with Crippen molar-refractivity contribution in [1.82, 2.24) is 9.80 Å². The van der Waals surface area contributed by atoms with Crippen LogP contribution >= 0.6 is 0 Å². The van der Waals surface area contributed by atoms with E-state index >= 15 is 0 Å². The van der Waals surface area contributed by atoms with Crippen molar-refractivity contribution in [3.05, 3.63) is 71.8 Å². The van der Waals surface area contributed by atoms with Gasteiger partial charge in [-0.15, -0.1) is 0 Å². The first-order valence-electron chi connectivity index (χ1n) is 8.36. The summed E-state index contributed by atoms with van der Waals surface area (Å²) >= 11 is 0. The Bertz CT molecular complexity index is 658. The average molecular weight is 356 g/mol. The van der Waals surface area contributed by atoms with Crippen molar-refractivity contribution in [2.24, 2.45) is 0 Å². The molecule has 0 saturated carbocycles. The summed E-state index contributed by atoms with van der Waals surface area (Å²) in [5, 5.41) is 20.4. The number of rotatable bonds is 6. The number of aliphatic hydroxyl groups is 2. The van der Waals surface area contributed by atoms with Crippen molar-refractivity contribution in [3.8, 4) is 0 Å². The lowest BCUT2D eigenvalue weighted by Gasteiger charge is -2.25. The number of likely N-dealkylation sites (N-methyl/N-ethyl adjacent to an activating group) is 2. The molecule has 0 heterocycles. The number of benzene rings is 2. The maximum absolute atomic E-state index is 12.3. The predicted molar refractivity (Wildman–Crippen MR) is 98.1 cm³/mol. The molecule has 0 aliphatic rings. The summed E-state index contributed by atoms with van der Waals surface area (Å²) in [6, 6.07) is 17.9. The molecule has 26 heavy (non-hydrogen) atoms. The van der Waals surface area contributed by atoms with Crippen molar-refractivity contribution in [2.75, 3.05) is 27.2 Å². The highest BCUT2D eigenvalue weighted by Crippen LogP contribution is 2.15. The van der Waals surface area contributed by atoms with E-state index in [9.17, 15) is 19.8 Å². The van der Waals surface area contributed by atoms with Gasteiger partial charge in [-0.2, -0.15) is 0 Å². The molecular weight excluding hydrogens is 332 g/mol. The minimum atomic E-state index is -0.877. The van der Waals surface area contributed by atoms with Crippen LogP contribution in [0.4, 0.5) is 0 Å². The van der Waals surface area contributed by atoms with Crippen molar-refractivity contribution in [1.29, 1.82) is 0 Å². The van der Waals surface area contributed by atoms with Gasteiger partial charge < -0.3 is 20.0 Å². The van der Waals surface area contributed by atoms with Gasteiger partial charge in [-0.3, -0.25) is 9.59 Å². The molecule has 2 rings (SSSR count). The van der Waals surface area contributed by atoms with Gasteiger partial charge in [0.15, 0.2) is 0 Å². The van der Waals surface area contributed by atoms with Gasteiger partial charge in [-0.25, -0.2) is 0 Å². The van der Waals surface area contributed by atoms with E-state index in [1.807, 2.05) is 12.1 Å². The normalized spacial score (nSPS) is 12.9. The van der Waals surface area contributed by atoms with E-state index in [4.69, 9.17) is 0 Å². The van der Waals surface area contributed by atoms with Gasteiger partial charge in [0.1, 0.15) is 0 Å². The van der Waals surface area contributed by atoms with Crippen molar-refractivity contribution in [3.63, 3.8) is 0 Å². The molecule has 0 aliphatic heterocycles. The van der Waals surface area contributed by atoms with Crippen molar-refractivity contribution in [2.45, 2.75) is 12.2 Å². The van der Waals surface area contributed by atoms with E-state index in [1.54, 1.807) is 48.5 Å². The van der Waals surface area contributed by atoms with Crippen LogP contribution < -0.4 is 0 Å². The SMILES string of the molecule is CN(CC(O)c1ccccc1)C(=O)C(=O)N(C)CC(O)c1ccccc1. The van der Waals surface area contributed by atoms with Crippen LogP contribution in [-0.4, -0.2) is 59.0 Å². The van der Waals surface area contributed by atoms with E-state index in [2.05, 4.69) is 0 Å². The van der Waals surface area contributed by atoms with Crippen LogP contribution in [0.15, 0.2) is 60.7 Å². The minimum absolute atomic E-state index is 0.00364. The Morgan fingerprint density at radius 3 is 1.35 bits per heavy atom. The number of nitrogens with zero attached hydrogens (tertiary/aromatic N) is 2. The lowest BCUT2D eigenvalue weighted by Crippen LogP contribution is -2.44. The fraction of sp³-hybridized carbons (Fsp3) is 0.300. The Hall–Kier alpha value is -2.70. The van der Waals surface area contributed by atoms with Crippen LogP contribution in [0.5, 0.6) is 0 Å². The lowest BCUT2D eigenvalue weighted by molar-refractivity contribution is -0.151. The molecular formula is C20H24N2O4. The second-order valence-electron chi connectivity index (χ2n) is 6.22. The zero-order valence-electron chi connectivity index (χ0n) is 14.9.